The van der Waals surface area contributed by atoms with Crippen LogP contribution < -0.4 is 5.43 Å². The number of halogens is 2. The van der Waals surface area contributed by atoms with Crippen LogP contribution in [-0.2, 0) is 17.8 Å². The Morgan fingerprint density at radius 2 is 1.76 bits per heavy atom. The van der Waals surface area contributed by atoms with Gasteiger partial charge < -0.3 is 4.57 Å². The first-order valence-corrected chi connectivity index (χ1v) is 10.7. The van der Waals surface area contributed by atoms with Gasteiger partial charge in [-0.1, -0.05) is 59.6 Å². The van der Waals surface area contributed by atoms with Gasteiger partial charge in [-0.05, 0) is 29.3 Å². The molecule has 0 aliphatic heterocycles. The lowest BCUT2D eigenvalue weighted by molar-refractivity contribution is -0.384. The van der Waals surface area contributed by atoms with Crippen LogP contribution in [0.2, 0.25) is 10.0 Å². The standard InChI is InChI=1S/C24H18Cl2N4O3/c25-21-10-7-17(11-22(21)26)14-29-15-18(20-3-1-2-4-23(20)29)13-27-28-24(31)12-16-5-8-19(9-6-16)30(32)33/h1-11,13,15H,12,14H2,(H,28,31)/b27-13-. The van der Waals surface area contributed by atoms with Gasteiger partial charge in [0, 0.05) is 41.3 Å². The summed E-state index contributed by atoms with van der Waals surface area (Å²) in [4.78, 5) is 22.5. The number of nitrogens with zero attached hydrogens (tertiary/aromatic N) is 3. The second-order valence-corrected chi connectivity index (χ2v) is 8.19. The highest BCUT2D eigenvalue weighted by molar-refractivity contribution is 6.42. The van der Waals surface area contributed by atoms with Crippen molar-refractivity contribution < 1.29 is 9.72 Å². The van der Waals surface area contributed by atoms with Crippen LogP contribution in [0.15, 0.2) is 78.0 Å². The molecule has 3 aromatic carbocycles. The number of carbonyl (C=O) groups excluding carboxylic acids is 1. The smallest absolute Gasteiger partial charge is 0.269 e. The summed E-state index contributed by atoms with van der Waals surface area (Å²) in [5.74, 6) is -0.320. The van der Waals surface area contributed by atoms with E-state index in [-0.39, 0.29) is 18.0 Å². The summed E-state index contributed by atoms with van der Waals surface area (Å²) in [6.07, 6.45) is 3.62. The normalized spacial score (nSPS) is 11.2. The van der Waals surface area contributed by atoms with E-state index in [1.54, 1.807) is 24.4 Å². The zero-order valence-electron chi connectivity index (χ0n) is 17.2. The Bertz CT molecular complexity index is 1360. The van der Waals surface area contributed by atoms with Crippen LogP contribution in [0.1, 0.15) is 16.7 Å². The SMILES string of the molecule is O=C(Cc1ccc([N+](=O)[O-])cc1)N/N=C\c1cn(Cc2ccc(Cl)c(Cl)c2)c2ccccc12. The molecular weight excluding hydrogens is 463 g/mol. The van der Waals surface area contributed by atoms with E-state index in [1.807, 2.05) is 42.6 Å². The first-order chi connectivity index (χ1) is 15.9. The fourth-order valence-corrected chi connectivity index (χ4v) is 3.80. The topological polar surface area (TPSA) is 89.5 Å². The molecule has 0 radical (unpaired) electrons. The molecule has 0 bridgehead atoms. The molecule has 0 saturated heterocycles. The molecular formula is C24H18Cl2N4O3. The molecule has 0 fully saturated rings. The third-order valence-corrected chi connectivity index (χ3v) is 5.80. The molecule has 1 aromatic heterocycles. The second kappa shape index (κ2) is 9.85. The summed E-state index contributed by atoms with van der Waals surface area (Å²) in [6, 6.07) is 19.3. The summed E-state index contributed by atoms with van der Waals surface area (Å²) >= 11 is 12.2. The highest BCUT2D eigenvalue weighted by Gasteiger charge is 2.09. The highest BCUT2D eigenvalue weighted by atomic mass is 35.5. The zero-order chi connectivity index (χ0) is 23.4. The molecule has 0 saturated carbocycles. The lowest BCUT2D eigenvalue weighted by atomic mass is 10.1. The lowest BCUT2D eigenvalue weighted by Gasteiger charge is -2.06. The molecule has 7 nitrogen and oxygen atoms in total. The Hall–Kier alpha value is -3.68. The monoisotopic (exact) mass is 480 g/mol. The van der Waals surface area contributed by atoms with Crippen LogP contribution in [0.5, 0.6) is 0 Å². The minimum atomic E-state index is -0.480. The maximum absolute atomic E-state index is 12.2. The van der Waals surface area contributed by atoms with E-state index in [2.05, 4.69) is 15.1 Å². The molecule has 4 aromatic rings. The number of rotatable bonds is 7. The molecule has 1 heterocycles. The van der Waals surface area contributed by atoms with Crippen LogP contribution in [0, 0.1) is 10.1 Å². The molecule has 1 N–H and O–H groups in total. The van der Waals surface area contributed by atoms with Gasteiger partial charge in [-0.25, -0.2) is 5.43 Å². The number of fused-ring (bicyclic) bond motifs is 1. The van der Waals surface area contributed by atoms with Crippen molar-refractivity contribution in [2.75, 3.05) is 0 Å². The van der Waals surface area contributed by atoms with Crippen molar-refractivity contribution in [1.29, 1.82) is 0 Å². The van der Waals surface area contributed by atoms with Crippen LogP contribution in [0.25, 0.3) is 10.9 Å². The minimum absolute atomic E-state index is 0.0190. The van der Waals surface area contributed by atoms with E-state index in [1.165, 1.54) is 12.1 Å². The van der Waals surface area contributed by atoms with Crippen molar-refractivity contribution in [3.05, 3.63) is 110 Å². The second-order valence-electron chi connectivity index (χ2n) is 7.37. The third kappa shape index (κ3) is 5.39. The molecule has 0 spiro atoms. The molecule has 0 aliphatic carbocycles. The predicted molar refractivity (Wildman–Crippen MR) is 130 cm³/mol. The lowest BCUT2D eigenvalue weighted by Crippen LogP contribution is -2.19. The number of para-hydroxylation sites is 1. The first kappa shape index (κ1) is 22.5. The number of nitro benzene ring substituents is 1. The van der Waals surface area contributed by atoms with Crippen molar-refractivity contribution in [1.82, 2.24) is 9.99 Å². The van der Waals surface area contributed by atoms with Gasteiger partial charge in [0.2, 0.25) is 5.91 Å². The van der Waals surface area contributed by atoms with Crippen LogP contribution in [-0.4, -0.2) is 21.6 Å². The highest BCUT2D eigenvalue weighted by Crippen LogP contribution is 2.25. The van der Waals surface area contributed by atoms with Crippen LogP contribution in [0.3, 0.4) is 0 Å². The van der Waals surface area contributed by atoms with Gasteiger partial charge in [0.05, 0.1) is 27.6 Å². The van der Waals surface area contributed by atoms with E-state index >= 15 is 0 Å². The molecule has 4 rings (SSSR count). The summed E-state index contributed by atoms with van der Waals surface area (Å²) in [6.45, 7) is 0.595. The number of aromatic nitrogens is 1. The fourth-order valence-electron chi connectivity index (χ4n) is 3.48. The van der Waals surface area contributed by atoms with Gasteiger partial charge in [0.25, 0.3) is 5.69 Å². The van der Waals surface area contributed by atoms with Crippen molar-refractivity contribution in [2.24, 2.45) is 5.10 Å². The average Bonchev–Trinajstić information content (AvgIpc) is 3.14. The Kier molecular flexibility index (Phi) is 6.72. The average molecular weight is 481 g/mol. The van der Waals surface area contributed by atoms with Crippen molar-refractivity contribution in [2.45, 2.75) is 13.0 Å². The van der Waals surface area contributed by atoms with E-state index in [9.17, 15) is 14.9 Å². The molecule has 1 amide bonds. The number of carbonyl (C=O) groups is 1. The molecule has 33 heavy (non-hydrogen) atoms. The Morgan fingerprint density at radius 1 is 1.03 bits per heavy atom. The van der Waals surface area contributed by atoms with Gasteiger partial charge in [-0.2, -0.15) is 5.10 Å². The number of hydrogen-bond donors (Lipinski definition) is 1. The summed E-state index contributed by atoms with van der Waals surface area (Å²) in [5, 5.41) is 16.8. The zero-order valence-corrected chi connectivity index (χ0v) is 18.8. The summed E-state index contributed by atoms with van der Waals surface area (Å²) in [5.41, 5.74) is 6.02. The van der Waals surface area contributed by atoms with E-state index < -0.39 is 4.92 Å². The molecule has 0 aliphatic rings. The van der Waals surface area contributed by atoms with Gasteiger partial charge in [0.15, 0.2) is 0 Å². The Balaban J connectivity index is 1.47. The maximum atomic E-state index is 12.2. The maximum Gasteiger partial charge on any atom is 0.269 e. The van der Waals surface area contributed by atoms with Crippen molar-refractivity contribution >= 4 is 51.9 Å². The number of nitro groups is 1. The van der Waals surface area contributed by atoms with E-state index in [0.717, 1.165) is 22.0 Å². The number of nitrogens with one attached hydrogen (secondary N) is 1. The number of benzene rings is 3. The van der Waals surface area contributed by atoms with Crippen molar-refractivity contribution in [3.63, 3.8) is 0 Å². The minimum Gasteiger partial charge on any atom is -0.342 e. The summed E-state index contributed by atoms with van der Waals surface area (Å²) in [7, 11) is 0. The summed E-state index contributed by atoms with van der Waals surface area (Å²) < 4.78 is 2.08. The van der Waals surface area contributed by atoms with Gasteiger partial charge in [-0.3, -0.25) is 14.9 Å². The molecule has 166 valence electrons. The van der Waals surface area contributed by atoms with E-state index in [4.69, 9.17) is 23.2 Å². The molecule has 9 heteroatoms. The quantitative estimate of drug-likeness (QED) is 0.212. The predicted octanol–water partition coefficient (Wildman–Crippen LogP) is 5.60. The largest absolute Gasteiger partial charge is 0.342 e. The number of non-ortho nitro benzene ring substituents is 1. The number of amides is 1. The Labute approximate surface area is 199 Å². The fraction of sp³-hybridized carbons (Fsp3) is 0.0833. The Morgan fingerprint density at radius 3 is 2.48 bits per heavy atom. The van der Waals surface area contributed by atoms with Crippen LogP contribution in [0.4, 0.5) is 5.69 Å². The molecule has 0 atom stereocenters. The number of hydrogen-bond acceptors (Lipinski definition) is 4. The van der Waals surface area contributed by atoms with E-state index in [0.29, 0.717) is 22.2 Å². The van der Waals surface area contributed by atoms with Crippen LogP contribution >= 0.6 is 23.2 Å². The molecule has 0 unspecified atom stereocenters. The third-order valence-electron chi connectivity index (χ3n) is 5.06. The number of hydrazone groups is 1. The first-order valence-electron chi connectivity index (χ1n) is 9.98. The van der Waals surface area contributed by atoms with Gasteiger partial charge in [0.1, 0.15) is 0 Å². The van der Waals surface area contributed by atoms with Crippen molar-refractivity contribution in [3.8, 4) is 0 Å². The van der Waals surface area contributed by atoms with Gasteiger partial charge in [-0.15, -0.1) is 0 Å². The van der Waals surface area contributed by atoms with Gasteiger partial charge >= 0.3 is 0 Å².